The summed E-state index contributed by atoms with van der Waals surface area (Å²) in [5, 5.41) is 9.80. The van der Waals surface area contributed by atoms with Crippen LogP contribution in [0.3, 0.4) is 0 Å². The summed E-state index contributed by atoms with van der Waals surface area (Å²) < 4.78 is 37.1. The average molecular weight is 450 g/mol. The van der Waals surface area contributed by atoms with Crippen LogP contribution in [0.15, 0.2) is 88.4 Å². The molecule has 3 aromatic rings. The molecule has 0 bridgehead atoms. The van der Waals surface area contributed by atoms with Crippen LogP contribution in [0.2, 0.25) is 0 Å². The maximum atomic E-state index is 13.3. The molecule has 162 valence electrons. The zero-order valence-corrected chi connectivity index (χ0v) is 17.7. The number of ether oxygens (including phenoxy) is 1. The van der Waals surface area contributed by atoms with E-state index in [9.17, 15) is 22.9 Å². The maximum absolute atomic E-state index is 13.3. The summed E-state index contributed by atoms with van der Waals surface area (Å²) >= 11 is 0. The fourth-order valence-corrected chi connectivity index (χ4v) is 3.73. The number of phenols is 1. The zero-order chi connectivity index (χ0) is 22.9. The van der Waals surface area contributed by atoms with Crippen LogP contribution in [-0.2, 0) is 14.9 Å². The lowest BCUT2D eigenvalue weighted by molar-refractivity contribution is -0.113. The molecule has 0 saturated carbocycles. The van der Waals surface area contributed by atoms with Crippen molar-refractivity contribution in [2.24, 2.45) is 4.99 Å². The minimum Gasteiger partial charge on any atom is -0.504 e. The summed E-state index contributed by atoms with van der Waals surface area (Å²) in [5.41, 5.74) is 1.82. The van der Waals surface area contributed by atoms with Crippen molar-refractivity contribution in [2.45, 2.75) is 4.90 Å². The third kappa shape index (κ3) is 4.11. The molecule has 0 spiro atoms. The number of anilines is 1. The fraction of sp³-hybridized carbons (Fsp3) is 0.0435. The highest BCUT2D eigenvalue weighted by Crippen LogP contribution is 2.31. The van der Waals surface area contributed by atoms with Crippen LogP contribution in [0.4, 0.5) is 5.69 Å². The van der Waals surface area contributed by atoms with E-state index in [2.05, 4.69) is 4.99 Å². The molecule has 2 N–H and O–H groups in total. The number of hydrogen-bond donors (Lipinski definition) is 2. The van der Waals surface area contributed by atoms with E-state index >= 15 is 0 Å². The standard InChI is InChI=1S/C23H18N2O6S/c1-31-21-14-15(7-12-20(21)26)13-19-23(27)25(22(24-19)16-5-3-2-4-6-16)17-8-10-18(11-9-17)32(28,29)30/h2-14,26H,1H3,(H,28,29,30). The number of carbonyl (C=O) groups is 1. The molecule has 1 heterocycles. The third-order valence-electron chi connectivity index (χ3n) is 4.79. The molecule has 9 heteroatoms. The lowest BCUT2D eigenvalue weighted by Gasteiger charge is -2.18. The Kier molecular flexibility index (Phi) is 5.52. The zero-order valence-electron chi connectivity index (χ0n) is 16.8. The lowest BCUT2D eigenvalue weighted by Crippen LogP contribution is -2.32. The van der Waals surface area contributed by atoms with Crippen molar-refractivity contribution in [3.63, 3.8) is 0 Å². The number of aromatic hydroxyl groups is 1. The fourth-order valence-electron chi connectivity index (χ4n) is 3.25. The van der Waals surface area contributed by atoms with Crippen molar-refractivity contribution < 1.29 is 27.6 Å². The molecule has 0 radical (unpaired) electrons. The Bertz CT molecular complexity index is 1350. The Morgan fingerprint density at radius 1 is 1.00 bits per heavy atom. The molecular formula is C23H18N2O6S. The number of phenolic OH excluding ortho intramolecular Hbond substituents is 1. The van der Waals surface area contributed by atoms with E-state index in [4.69, 9.17) is 4.74 Å². The van der Waals surface area contributed by atoms with Gasteiger partial charge < -0.3 is 9.84 Å². The number of rotatable bonds is 5. The normalized spacial score (nSPS) is 15.2. The maximum Gasteiger partial charge on any atom is 0.294 e. The van der Waals surface area contributed by atoms with Gasteiger partial charge in [-0.25, -0.2) is 4.99 Å². The summed E-state index contributed by atoms with van der Waals surface area (Å²) in [5.74, 6) is 0.179. The van der Waals surface area contributed by atoms with E-state index in [1.54, 1.807) is 30.3 Å². The molecule has 1 aliphatic heterocycles. The van der Waals surface area contributed by atoms with Crippen LogP contribution in [-0.4, -0.2) is 36.9 Å². The van der Waals surface area contributed by atoms with Gasteiger partial charge >= 0.3 is 0 Å². The van der Waals surface area contributed by atoms with Crippen LogP contribution in [0, 0.1) is 0 Å². The molecule has 0 aliphatic carbocycles. The Hall–Kier alpha value is -3.95. The molecule has 8 nitrogen and oxygen atoms in total. The minimum atomic E-state index is -4.36. The number of aliphatic imine (C=N–C) groups is 1. The molecule has 1 amide bonds. The smallest absolute Gasteiger partial charge is 0.294 e. The van der Waals surface area contributed by atoms with Crippen molar-refractivity contribution in [1.82, 2.24) is 0 Å². The van der Waals surface area contributed by atoms with Crippen molar-refractivity contribution in [3.8, 4) is 11.5 Å². The van der Waals surface area contributed by atoms with Crippen molar-refractivity contribution >= 4 is 33.6 Å². The van der Waals surface area contributed by atoms with Gasteiger partial charge in [0.05, 0.1) is 17.7 Å². The highest BCUT2D eigenvalue weighted by molar-refractivity contribution is 7.85. The van der Waals surface area contributed by atoms with E-state index in [-0.39, 0.29) is 22.1 Å². The molecule has 32 heavy (non-hydrogen) atoms. The Morgan fingerprint density at radius 2 is 1.69 bits per heavy atom. The van der Waals surface area contributed by atoms with Crippen LogP contribution >= 0.6 is 0 Å². The quantitative estimate of drug-likeness (QED) is 0.454. The number of amidine groups is 1. The molecular weight excluding hydrogens is 432 g/mol. The van der Waals surface area contributed by atoms with Gasteiger partial charge in [0.25, 0.3) is 16.0 Å². The van der Waals surface area contributed by atoms with Crippen molar-refractivity contribution in [1.29, 1.82) is 0 Å². The lowest BCUT2D eigenvalue weighted by atomic mass is 10.1. The summed E-state index contributed by atoms with van der Waals surface area (Å²) in [7, 11) is -2.93. The molecule has 0 atom stereocenters. The van der Waals surface area contributed by atoms with Gasteiger partial charge in [0.1, 0.15) is 11.5 Å². The summed E-state index contributed by atoms with van der Waals surface area (Å²) in [6.07, 6.45) is 1.57. The third-order valence-corrected chi connectivity index (χ3v) is 5.66. The van der Waals surface area contributed by atoms with Crippen LogP contribution < -0.4 is 9.64 Å². The predicted molar refractivity (Wildman–Crippen MR) is 119 cm³/mol. The first-order valence-electron chi connectivity index (χ1n) is 9.43. The second-order valence-electron chi connectivity index (χ2n) is 6.87. The van der Waals surface area contributed by atoms with E-state index in [1.165, 1.54) is 42.3 Å². The first-order chi connectivity index (χ1) is 15.3. The average Bonchev–Trinajstić information content (AvgIpc) is 3.11. The van der Waals surface area contributed by atoms with E-state index < -0.39 is 16.0 Å². The number of methoxy groups -OCH3 is 1. The van der Waals surface area contributed by atoms with E-state index in [0.717, 1.165) is 0 Å². The molecule has 3 aromatic carbocycles. The van der Waals surface area contributed by atoms with Gasteiger partial charge in [0.2, 0.25) is 0 Å². The highest BCUT2D eigenvalue weighted by Gasteiger charge is 2.32. The van der Waals surface area contributed by atoms with Crippen molar-refractivity contribution in [2.75, 3.05) is 12.0 Å². The molecule has 0 saturated heterocycles. The van der Waals surface area contributed by atoms with Gasteiger partial charge in [-0.2, -0.15) is 8.42 Å². The number of benzene rings is 3. The largest absolute Gasteiger partial charge is 0.504 e. The van der Waals surface area contributed by atoms with Crippen LogP contribution in [0.1, 0.15) is 11.1 Å². The first kappa shape index (κ1) is 21.3. The Balaban J connectivity index is 1.80. The Labute approximate surface area is 184 Å². The number of amides is 1. The molecule has 0 unspecified atom stereocenters. The van der Waals surface area contributed by atoms with Gasteiger partial charge in [-0.15, -0.1) is 0 Å². The van der Waals surface area contributed by atoms with Crippen LogP contribution in [0.5, 0.6) is 11.5 Å². The SMILES string of the molecule is COc1cc(C=C2N=C(c3ccccc3)N(c3ccc(S(=O)(=O)O)cc3)C2=O)ccc1O. The Morgan fingerprint density at radius 3 is 2.31 bits per heavy atom. The van der Waals surface area contributed by atoms with Gasteiger partial charge in [0.15, 0.2) is 11.5 Å². The van der Waals surface area contributed by atoms with Gasteiger partial charge in [-0.1, -0.05) is 36.4 Å². The summed E-state index contributed by atoms with van der Waals surface area (Å²) in [6, 6.07) is 19.0. The number of hydrogen-bond acceptors (Lipinski definition) is 6. The predicted octanol–water partition coefficient (Wildman–Crippen LogP) is 3.48. The first-order valence-corrected chi connectivity index (χ1v) is 10.9. The number of nitrogens with zero attached hydrogens (tertiary/aromatic N) is 2. The van der Waals surface area contributed by atoms with Gasteiger partial charge in [-0.05, 0) is 48.0 Å². The molecule has 1 aliphatic rings. The van der Waals surface area contributed by atoms with Gasteiger partial charge in [0, 0.05) is 5.56 Å². The second-order valence-corrected chi connectivity index (χ2v) is 8.29. The van der Waals surface area contributed by atoms with Crippen molar-refractivity contribution in [3.05, 3.63) is 89.6 Å². The molecule has 0 fully saturated rings. The number of carbonyl (C=O) groups excluding carboxylic acids is 1. The molecule has 4 rings (SSSR count). The topological polar surface area (TPSA) is 117 Å². The van der Waals surface area contributed by atoms with Crippen LogP contribution in [0.25, 0.3) is 6.08 Å². The summed E-state index contributed by atoms with van der Waals surface area (Å²) in [4.78, 5) is 18.9. The minimum absolute atomic E-state index is 0.0265. The van der Waals surface area contributed by atoms with E-state index in [1.807, 2.05) is 18.2 Å². The second kappa shape index (κ2) is 8.29. The highest BCUT2D eigenvalue weighted by atomic mass is 32.2. The molecule has 0 aromatic heterocycles. The summed E-state index contributed by atoms with van der Waals surface area (Å²) in [6.45, 7) is 0. The monoisotopic (exact) mass is 450 g/mol. The van der Waals surface area contributed by atoms with E-state index in [0.29, 0.717) is 22.6 Å². The van der Waals surface area contributed by atoms with Gasteiger partial charge in [-0.3, -0.25) is 14.2 Å².